The van der Waals surface area contributed by atoms with Gasteiger partial charge >= 0.3 is 0 Å². The lowest BCUT2D eigenvalue weighted by atomic mass is 9.97. The molecule has 1 N–H and O–H groups in total. The monoisotopic (exact) mass is 216 g/mol. The molecule has 14 heavy (non-hydrogen) atoms. The van der Waals surface area contributed by atoms with E-state index in [1.165, 1.54) is 0 Å². The van der Waals surface area contributed by atoms with E-state index in [4.69, 9.17) is 0 Å². The van der Waals surface area contributed by atoms with E-state index in [-0.39, 0.29) is 17.4 Å². The van der Waals surface area contributed by atoms with Crippen LogP contribution in [0.2, 0.25) is 0 Å². The van der Waals surface area contributed by atoms with Crippen molar-refractivity contribution in [1.29, 1.82) is 0 Å². The molecule has 0 unspecified atom stereocenters. The van der Waals surface area contributed by atoms with E-state index in [1.54, 1.807) is 0 Å². The molecular formula is C10H20N2OS. The van der Waals surface area contributed by atoms with Crippen LogP contribution >= 0.6 is 11.8 Å². The molecule has 1 amide bonds. The third kappa shape index (κ3) is 3.50. The molecule has 82 valence electrons. The number of amides is 1. The molecule has 0 aliphatic carbocycles. The number of nitrogens with zero attached hydrogens (tertiary/aromatic N) is 1. The summed E-state index contributed by atoms with van der Waals surface area (Å²) in [5.74, 6) is 2.06. The van der Waals surface area contributed by atoms with Crippen LogP contribution in [-0.2, 0) is 4.79 Å². The number of thioether (sulfide) groups is 1. The first-order valence-corrected chi connectivity index (χ1v) is 6.11. The Hall–Kier alpha value is -0.220. The topological polar surface area (TPSA) is 32.3 Å². The quantitative estimate of drug-likeness (QED) is 0.751. The zero-order chi connectivity index (χ0) is 10.8. The molecular weight excluding hydrogens is 196 g/mol. The summed E-state index contributed by atoms with van der Waals surface area (Å²) in [6.07, 6.45) is 0. The molecule has 1 atom stereocenters. The molecule has 1 aliphatic rings. The molecule has 0 bridgehead atoms. The smallest absolute Gasteiger partial charge is 0.238 e. The zero-order valence-corrected chi connectivity index (χ0v) is 10.3. The van der Waals surface area contributed by atoms with Gasteiger partial charge in [0.05, 0.1) is 6.04 Å². The fourth-order valence-electron chi connectivity index (χ4n) is 1.27. The maximum Gasteiger partial charge on any atom is 0.238 e. The van der Waals surface area contributed by atoms with Crippen molar-refractivity contribution in [3.8, 4) is 0 Å². The molecule has 1 rings (SSSR count). The maximum absolute atomic E-state index is 11.7. The van der Waals surface area contributed by atoms with E-state index >= 15 is 0 Å². The van der Waals surface area contributed by atoms with Gasteiger partial charge < -0.3 is 5.32 Å². The molecule has 0 radical (unpaired) electrons. The van der Waals surface area contributed by atoms with Gasteiger partial charge in [-0.2, -0.15) is 0 Å². The van der Waals surface area contributed by atoms with Crippen molar-refractivity contribution in [3.05, 3.63) is 0 Å². The van der Waals surface area contributed by atoms with E-state index in [2.05, 4.69) is 31.0 Å². The second kappa shape index (κ2) is 4.53. The average molecular weight is 216 g/mol. The van der Waals surface area contributed by atoms with Crippen molar-refractivity contribution in [2.45, 2.75) is 26.8 Å². The Morgan fingerprint density at radius 2 is 2.21 bits per heavy atom. The van der Waals surface area contributed by atoms with Crippen molar-refractivity contribution in [1.82, 2.24) is 10.2 Å². The van der Waals surface area contributed by atoms with Crippen LogP contribution in [0.3, 0.4) is 0 Å². The van der Waals surface area contributed by atoms with Crippen LogP contribution in [0.4, 0.5) is 0 Å². The summed E-state index contributed by atoms with van der Waals surface area (Å²) in [4.78, 5) is 13.8. The molecule has 1 aliphatic heterocycles. The van der Waals surface area contributed by atoms with E-state index in [0.717, 1.165) is 18.2 Å². The van der Waals surface area contributed by atoms with Gasteiger partial charge in [-0.3, -0.25) is 9.69 Å². The Kier molecular flexibility index (Phi) is 3.84. The number of carbonyl (C=O) groups excluding carboxylic acids is 1. The summed E-state index contributed by atoms with van der Waals surface area (Å²) < 4.78 is 0. The van der Waals surface area contributed by atoms with Crippen molar-refractivity contribution >= 4 is 17.7 Å². The lowest BCUT2D eigenvalue weighted by Gasteiger charge is -2.22. The van der Waals surface area contributed by atoms with Gasteiger partial charge in [0.15, 0.2) is 0 Å². The van der Waals surface area contributed by atoms with Crippen LogP contribution in [0.5, 0.6) is 0 Å². The number of hydrogen-bond acceptors (Lipinski definition) is 3. The van der Waals surface area contributed by atoms with Crippen molar-refractivity contribution in [3.63, 3.8) is 0 Å². The summed E-state index contributed by atoms with van der Waals surface area (Å²) in [5, 5.41) is 3.00. The van der Waals surface area contributed by atoms with Gasteiger partial charge in [-0.05, 0) is 12.5 Å². The largest absolute Gasteiger partial charge is 0.354 e. The van der Waals surface area contributed by atoms with Crippen molar-refractivity contribution in [2.75, 3.05) is 25.2 Å². The lowest BCUT2D eigenvalue weighted by Crippen LogP contribution is -2.45. The first-order chi connectivity index (χ1) is 6.40. The van der Waals surface area contributed by atoms with E-state index < -0.39 is 0 Å². The summed E-state index contributed by atoms with van der Waals surface area (Å²) in [6, 6.07) is 0.0716. The molecule has 4 heteroatoms. The van der Waals surface area contributed by atoms with Gasteiger partial charge in [0.1, 0.15) is 0 Å². The van der Waals surface area contributed by atoms with Crippen LogP contribution in [0.15, 0.2) is 0 Å². The highest BCUT2D eigenvalue weighted by atomic mass is 32.2. The van der Waals surface area contributed by atoms with E-state index in [9.17, 15) is 4.79 Å². The predicted octanol–water partition coefficient (Wildman–Crippen LogP) is 1.15. The number of hydrogen-bond donors (Lipinski definition) is 1. The Morgan fingerprint density at radius 1 is 1.57 bits per heavy atom. The molecule has 1 saturated heterocycles. The zero-order valence-electron chi connectivity index (χ0n) is 9.46. The molecule has 0 spiro atoms. The number of likely N-dealkylation sites (N-methyl/N-ethyl adjacent to an activating group) is 1. The van der Waals surface area contributed by atoms with Crippen molar-refractivity contribution < 1.29 is 4.79 Å². The fourth-order valence-corrected chi connectivity index (χ4v) is 2.47. The fraction of sp³-hybridized carbons (Fsp3) is 0.900. The van der Waals surface area contributed by atoms with Gasteiger partial charge in [0.2, 0.25) is 5.91 Å². The molecule has 1 fully saturated rings. The second-order valence-corrected chi connectivity index (χ2v) is 6.05. The molecule has 0 aromatic heterocycles. The number of nitrogens with one attached hydrogen (secondary N) is 1. The summed E-state index contributed by atoms with van der Waals surface area (Å²) in [5.41, 5.74) is 0.167. The van der Waals surface area contributed by atoms with Crippen LogP contribution in [0, 0.1) is 5.41 Å². The molecule has 0 saturated carbocycles. The minimum absolute atomic E-state index is 0.0716. The van der Waals surface area contributed by atoms with Crippen molar-refractivity contribution in [2.24, 2.45) is 5.41 Å². The number of carbonyl (C=O) groups is 1. The maximum atomic E-state index is 11.7. The Labute approximate surface area is 90.6 Å². The van der Waals surface area contributed by atoms with Gasteiger partial charge in [-0.1, -0.05) is 20.8 Å². The van der Waals surface area contributed by atoms with Crippen LogP contribution in [-0.4, -0.2) is 42.1 Å². The minimum Gasteiger partial charge on any atom is -0.354 e. The highest BCUT2D eigenvalue weighted by molar-refractivity contribution is 7.99. The Balaban J connectivity index is 2.35. The van der Waals surface area contributed by atoms with Crippen LogP contribution in [0.1, 0.15) is 20.8 Å². The van der Waals surface area contributed by atoms with E-state index in [1.807, 2.05) is 18.8 Å². The molecule has 3 nitrogen and oxygen atoms in total. The first-order valence-electron chi connectivity index (χ1n) is 4.96. The summed E-state index contributed by atoms with van der Waals surface area (Å²) >= 11 is 1.82. The SMILES string of the molecule is CN1CSC[C@H]1C(=O)NCC(C)(C)C. The van der Waals surface area contributed by atoms with Gasteiger partial charge in [-0.15, -0.1) is 11.8 Å². The third-order valence-corrected chi connectivity index (χ3v) is 3.34. The Bertz CT molecular complexity index is 213. The summed E-state index contributed by atoms with van der Waals surface area (Å²) in [6.45, 7) is 7.13. The average Bonchev–Trinajstić information content (AvgIpc) is 2.46. The third-order valence-electron chi connectivity index (χ3n) is 2.20. The minimum atomic E-state index is 0.0716. The van der Waals surface area contributed by atoms with Gasteiger partial charge in [-0.25, -0.2) is 0 Å². The lowest BCUT2D eigenvalue weighted by molar-refractivity contribution is -0.125. The van der Waals surface area contributed by atoms with Gasteiger partial charge in [0, 0.05) is 18.2 Å². The Morgan fingerprint density at radius 3 is 2.64 bits per heavy atom. The molecule has 0 aromatic carbocycles. The van der Waals surface area contributed by atoms with Crippen LogP contribution < -0.4 is 5.32 Å². The number of rotatable bonds is 2. The van der Waals surface area contributed by atoms with E-state index in [0.29, 0.717) is 0 Å². The summed E-state index contributed by atoms with van der Waals surface area (Å²) in [7, 11) is 2.00. The highest BCUT2D eigenvalue weighted by Gasteiger charge is 2.28. The highest BCUT2D eigenvalue weighted by Crippen LogP contribution is 2.19. The second-order valence-electron chi connectivity index (χ2n) is 5.05. The van der Waals surface area contributed by atoms with Gasteiger partial charge in [0.25, 0.3) is 0 Å². The standard InChI is InChI=1S/C10H20N2OS/c1-10(2,3)6-11-9(13)8-5-14-7-12(8)4/h8H,5-7H2,1-4H3,(H,11,13)/t8-/m0/s1. The predicted molar refractivity (Wildman–Crippen MR) is 61.3 cm³/mol. The molecule has 0 aromatic rings. The first kappa shape index (κ1) is 11.9. The normalized spacial score (nSPS) is 23.9. The molecule has 1 heterocycles. The van der Waals surface area contributed by atoms with Crippen LogP contribution in [0.25, 0.3) is 0 Å².